The number of ether oxygens (including phenoxy) is 1. The Balaban J connectivity index is -0.000000426. The van der Waals surface area contributed by atoms with E-state index in [9.17, 15) is 4.57 Å². The van der Waals surface area contributed by atoms with Crippen molar-refractivity contribution in [2.45, 2.75) is 355 Å². The summed E-state index contributed by atoms with van der Waals surface area (Å²) in [5, 5.41) is 8.30. The van der Waals surface area contributed by atoms with Gasteiger partial charge in [0.15, 0.2) is 0 Å². The Bertz CT molecular complexity index is 796. The second-order valence-electron chi connectivity index (χ2n) is 21.0. The van der Waals surface area contributed by atoms with E-state index in [-0.39, 0.29) is 5.16 Å². The predicted octanol–water partition coefficient (Wildman–Crippen LogP) is 22.5. The molecule has 398 valence electrons. The van der Waals surface area contributed by atoms with Gasteiger partial charge in [-0.15, -0.1) is 0 Å². The first-order chi connectivity index (χ1) is 31.6. The minimum absolute atomic E-state index is 0.345. The number of hydrogen-bond donors (Lipinski definition) is 1. The maximum absolute atomic E-state index is 12.3. The second kappa shape index (κ2) is 64.1. The van der Waals surface area contributed by atoms with Crippen molar-refractivity contribution in [3.8, 4) is 0 Å². The summed E-state index contributed by atoms with van der Waals surface area (Å²) in [5.74, 6) is 0. The Morgan fingerprint density at radius 2 is 0.492 bits per heavy atom. The third kappa shape index (κ3) is 70.8. The van der Waals surface area contributed by atoms with Gasteiger partial charge in [-0.05, 0) is 12.8 Å². The molecule has 0 radical (unpaired) electrons. The monoisotopic (exact) mass is 944 g/mol. The zero-order chi connectivity index (χ0) is 49.1. The molecule has 0 aromatic carbocycles. The molecule has 0 aliphatic carbocycles. The Hall–Kier alpha value is 0.110. The third-order valence-corrected chi connectivity index (χ3v) is 15.7. The fourth-order valence-corrected chi connectivity index (χ4v) is 8.97. The lowest BCUT2D eigenvalue weighted by Gasteiger charge is -2.33. The molecule has 0 rings (SSSR count). The van der Waals surface area contributed by atoms with Gasteiger partial charge in [-0.2, -0.15) is 0 Å². The summed E-state index contributed by atoms with van der Waals surface area (Å²) >= 11 is 0. The van der Waals surface area contributed by atoms with Gasteiger partial charge >= 0.3 is 0 Å². The van der Waals surface area contributed by atoms with E-state index in [0.717, 1.165) is 12.8 Å². The molecule has 1 atom stereocenters. The highest BCUT2D eigenvalue weighted by Gasteiger charge is 2.25. The summed E-state index contributed by atoms with van der Waals surface area (Å²) < 4.78 is 22.1. The van der Waals surface area contributed by atoms with E-state index in [4.69, 9.17) is 9.63 Å². The lowest BCUT2D eigenvalue weighted by molar-refractivity contribution is 0.277. The minimum Gasteiger partial charge on any atom is -0.396 e. The third-order valence-electron chi connectivity index (χ3n) is 13.0. The van der Waals surface area contributed by atoms with E-state index in [1.54, 1.807) is 14.2 Å². The molecule has 0 amide bonds. The smallest absolute Gasteiger partial charge is 0.0704 e. The second-order valence-corrected chi connectivity index (χ2v) is 24.0. The molecule has 0 fully saturated rings. The van der Waals surface area contributed by atoms with E-state index in [1.807, 2.05) is 20.8 Å². The molecule has 1 unspecified atom stereocenters. The molecule has 0 bridgehead atoms. The van der Waals surface area contributed by atoms with Crippen molar-refractivity contribution >= 4 is 7.37 Å². The average Bonchev–Trinajstić information content (AvgIpc) is 3.28. The van der Waals surface area contributed by atoms with Gasteiger partial charge in [0.1, 0.15) is 0 Å². The molecule has 5 heteroatoms. The summed E-state index contributed by atoms with van der Waals surface area (Å²) in [6, 6.07) is 0. The lowest BCUT2D eigenvalue weighted by atomic mass is 10.0. The van der Waals surface area contributed by atoms with E-state index in [0.29, 0.717) is 13.2 Å². The summed E-state index contributed by atoms with van der Waals surface area (Å²) in [4.78, 5) is 0. The predicted molar refractivity (Wildman–Crippen MR) is 298 cm³/mol. The van der Waals surface area contributed by atoms with Crippen LogP contribution in [0.4, 0.5) is 0 Å². The van der Waals surface area contributed by atoms with Crippen molar-refractivity contribution in [2.75, 3.05) is 27.4 Å². The molecule has 0 saturated heterocycles. The fraction of sp³-hybridized carbons (Fsp3) is 0.983. The SMILES string of the molecule is CCCCCCCCCCCCCCCCCCC.CCCCCCCCCCCCCCCCO.COC.[CH2-]P(=O)(OCCCCCCCCCCCCCCCCCC)C(C)(C)C. The van der Waals surface area contributed by atoms with Gasteiger partial charge in [0.25, 0.3) is 0 Å². The fourth-order valence-electron chi connectivity index (χ4n) is 8.16. The van der Waals surface area contributed by atoms with E-state index >= 15 is 0 Å². The number of aliphatic hydroxyl groups excluding tert-OH is 1. The van der Waals surface area contributed by atoms with E-state index < -0.39 is 7.37 Å². The highest BCUT2D eigenvalue weighted by Crippen LogP contribution is 2.57. The number of unbranched alkanes of at least 4 members (excludes halogenated alkanes) is 44. The molecule has 1 N–H and O–H groups in total. The van der Waals surface area contributed by atoms with Gasteiger partial charge in [-0.25, -0.2) is 0 Å². The maximum atomic E-state index is 12.3. The molecule has 0 aliphatic rings. The zero-order valence-corrected chi connectivity index (χ0v) is 47.9. The van der Waals surface area contributed by atoms with Gasteiger partial charge < -0.3 is 18.9 Å². The summed E-state index contributed by atoms with van der Waals surface area (Å²) in [7, 11) is 0.534. The quantitative estimate of drug-likeness (QED) is 0.0375. The lowest BCUT2D eigenvalue weighted by Crippen LogP contribution is -2.15. The Kier molecular flexibility index (Phi) is 70.7. The molecule has 0 aromatic heterocycles. The maximum Gasteiger partial charge on any atom is 0.0704 e. The van der Waals surface area contributed by atoms with Crippen LogP contribution >= 0.6 is 7.37 Å². The Morgan fingerprint density at radius 3 is 0.646 bits per heavy atom. The molecule has 0 saturated carbocycles. The summed E-state index contributed by atoms with van der Waals surface area (Å²) in [5.41, 5.74) is 0. The normalized spacial score (nSPS) is 12.2. The minimum atomic E-state index is -2.72. The van der Waals surface area contributed by atoms with Crippen LogP contribution in [0, 0.1) is 6.66 Å². The van der Waals surface area contributed by atoms with Gasteiger partial charge in [-0.1, -0.05) is 337 Å². The molecule has 65 heavy (non-hydrogen) atoms. The molecular formula is C60H128O4P-. The topological polar surface area (TPSA) is 55.8 Å². The molecular weight excluding hydrogens is 816 g/mol. The van der Waals surface area contributed by atoms with E-state index in [1.165, 1.54) is 289 Å². The van der Waals surface area contributed by atoms with Gasteiger partial charge in [0.2, 0.25) is 0 Å². The van der Waals surface area contributed by atoms with Gasteiger partial charge in [-0.3, -0.25) is 6.66 Å². The molecule has 0 aliphatic heterocycles. The zero-order valence-electron chi connectivity index (χ0n) is 47.0. The Morgan fingerprint density at radius 1 is 0.338 bits per heavy atom. The number of methoxy groups -OCH3 is 1. The molecule has 4 nitrogen and oxygen atoms in total. The van der Waals surface area contributed by atoms with Crippen molar-refractivity contribution in [3.63, 3.8) is 0 Å². The highest BCUT2D eigenvalue weighted by atomic mass is 31.2. The van der Waals surface area contributed by atoms with Crippen LogP contribution in [0.1, 0.15) is 350 Å². The van der Waals surface area contributed by atoms with Crippen LogP contribution < -0.4 is 0 Å². The van der Waals surface area contributed by atoms with Crippen molar-refractivity contribution in [3.05, 3.63) is 6.66 Å². The van der Waals surface area contributed by atoms with Crippen LogP contribution in [0.2, 0.25) is 0 Å². The van der Waals surface area contributed by atoms with Gasteiger partial charge in [0, 0.05) is 26.0 Å². The molecule has 0 heterocycles. The largest absolute Gasteiger partial charge is 0.396 e. The van der Waals surface area contributed by atoms with Crippen molar-refractivity contribution in [2.24, 2.45) is 0 Å². The molecule has 0 spiro atoms. The van der Waals surface area contributed by atoms with Gasteiger partial charge in [0.05, 0.1) is 14.0 Å². The number of rotatable bonds is 48. The van der Waals surface area contributed by atoms with Crippen molar-refractivity contribution in [1.29, 1.82) is 0 Å². The van der Waals surface area contributed by atoms with Crippen molar-refractivity contribution < 1.29 is 18.9 Å². The highest BCUT2D eigenvalue weighted by molar-refractivity contribution is 7.61. The van der Waals surface area contributed by atoms with Crippen LogP contribution in [0.5, 0.6) is 0 Å². The first kappa shape index (κ1) is 71.7. The standard InChI is InChI=1S/C23H48O2P.C19H40.C16H34O.C2H6O/c1-6-7-8-9-10-11-12-13-14-15-16-17-18-19-20-21-22-25-26(5,24)23(2,3)4;1-3-5-7-9-11-13-15-17-19-18-16-14-12-10-8-6-4-2;1-2-3-4-5-6-7-8-9-10-11-12-13-14-15-16-17;1-3-2/h5-22H2,1-4H3;3-19H2,1-2H3;17H,2-16H2,1H3;1-2H3/q-1;;;. The summed E-state index contributed by atoms with van der Waals surface area (Å²) in [6.45, 7) is 19.7. The first-order valence-corrected chi connectivity index (χ1v) is 31.5. The van der Waals surface area contributed by atoms with Crippen molar-refractivity contribution in [1.82, 2.24) is 0 Å². The average molecular weight is 945 g/mol. The summed E-state index contributed by atoms with van der Waals surface area (Å²) in [6.07, 6.45) is 65.9. The van der Waals surface area contributed by atoms with Crippen LogP contribution in [-0.4, -0.2) is 37.7 Å². The van der Waals surface area contributed by atoms with E-state index in [2.05, 4.69) is 39.1 Å². The van der Waals surface area contributed by atoms with Crippen LogP contribution in [0.15, 0.2) is 0 Å². The number of aliphatic hydroxyl groups is 1. The van der Waals surface area contributed by atoms with Crippen LogP contribution in [0.25, 0.3) is 0 Å². The van der Waals surface area contributed by atoms with Crippen LogP contribution in [0.3, 0.4) is 0 Å². The first-order valence-electron chi connectivity index (χ1n) is 29.7. The molecule has 0 aromatic rings. The van der Waals surface area contributed by atoms with Crippen LogP contribution in [-0.2, 0) is 13.8 Å². The number of hydrogen-bond acceptors (Lipinski definition) is 4. The Labute approximate surface area is 414 Å².